The van der Waals surface area contributed by atoms with Crippen LogP contribution in [0.15, 0.2) is 60.1 Å². The summed E-state index contributed by atoms with van der Waals surface area (Å²) in [5.41, 5.74) is 2.74. The zero-order valence-corrected chi connectivity index (χ0v) is 16.6. The molecule has 4 aromatic rings. The second-order valence-electron chi connectivity index (χ2n) is 6.58. The summed E-state index contributed by atoms with van der Waals surface area (Å²) in [6.45, 7) is 0. The molecule has 0 aliphatic carbocycles. The maximum Gasteiger partial charge on any atom is 0.160 e. The first kappa shape index (κ1) is 18.0. The van der Waals surface area contributed by atoms with Crippen LogP contribution in [-0.2, 0) is 0 Å². The van der Waals surface area contributed by atoms with E-state index in [4.69, 9.17) is 29.2 Å². The highest BCUT2D eigenvalue weighted by atomic mass is 35.5. The van der Waals surface area contributed by atoms with E-state index in [0.717, 1.165) is 16.3 Å². The molecule has 2 unspecified atom stereocenters. The molecule has 0 saturated carbocycles. The maximum absolute atomic E-state index is 9.90. The summed E-state index contributed by atoms with van der Waals surface area (Å²) in [6, 6.07) is 12.6. The van der Waals surface area contributed by atoms with Crippen LogP contribution in [0.2, 0.25) is 5.02 Å². The van der Waals surface area contributed by atoms with Crippen molar-refractivity contribution in [1.82, 2.24) is 19.9 Å². The molecule has 0 saturated heterocycles. The third kappa shape index (κ3) is 3.10. The number of halogens is 1. The van der Waals surface area contributed by atoms with Crippen LogP contribution in [0.4, 0.5) is 5.69 Å². The fourth-order valence-electron chi connectivity index (χ4n) is 3.43. The van der Waals surface area contributed by atoms with Gasteiger partial charge >= 0.3 is 0 Å². The smallest absolute Gasteiger partial charge is 0.160 e. The number of H-pyrrole nitrogens is 1. The summed E-state index contributed by atoms with van der Waals surface area (Å²) in [5.74, 6) is 0.171. The minimum absolute atomic E-state index is 0.171. The molecule has 2 aromatic heterocycles. The molecule has 0 radical (unpaired) electrons. The number of phenolic OH excluding ortho intramolecular Hbond substituents is 1. The minimum atomic E-state index is -0.440. The van der Waals surface area contributed by atoms with Crippen LogP contribution in [0, 0.1) is 0 Å². The molecule has 2 atom stereocenters. The Morgan fingerprint density at radius 3 is 2.86 bits per heavy atom. The number of imidazole rings is 1. The van der Waals surface area contributed by atoms with Crippen LogP contribution in [0.3, 0.4) is 0 Å². The first-order valence-corrected chi connectivity index (χ1v) is 9.75. The van der Waals surface area contributed by atoms with Crippen LogP contribution in [0.1, 0.15) is 10.9 Å². The second kappa shape index (κ2) is 7.06. The van der Waals surface area contributed by atoms with Gasteiger partial charge in [0.25, 0.3) is 0 Å². The van der Waals surface area contributed by atoms with Crippen LogP contribution >= 0.6 is 24.2 Å². The van der Waals surface area contributed by atoms with E-state index in [1.165, 1.54) is 6.33 Å². The van der Waals surface area contributed by atoms with Crippen molar-refractivity contribution in [2.45, 2.75) is 11.4 Å². The number of hydrogen-bond acceptors (Lipinski definition) is 7. The number of nitrogens with one attached hydrogen (secondary N) is 1. The molecule has 0 amide bonds. The van der Waals surface area contributed by atoms with E-state index in [9.17, 15) is 5.11 Å². The fourth-order valence-corrected chi connectivity index (χ4v) is 4.06. The van der Waals surface area contributed by atoms with Gasteiger partial charge in [-0.1, -0.05) is 23.7 Å². The highest BCUT2D eigenvalue weighted by molar-refractivity contribution is 7.80. The third-order valence-electron chi connectivity index (χ3n) is 4.78. The molecule has 0 fully saturated rings. The van der Waals surface area contributed by atoms with Gasteiger partial charge in [-0.25, -0.2) is 15.0 Å². The predicted molar refractivity (Wildman–Crippen MR) is 114 cm³/mol. The summed E-state index contributed by atoms with van der Waals surface area (Å²) < 4.78 is 0. The van der Waals surface area contributed by atoms with Crippen molar-refractivity contribution in [1.29, 1.82) is 0 Å². The molecule has 0 bridgehead atoms. The maximum atomic E-state index is 9.90. The first-order chi connectivity index (χ1) is 14.1. The van der Waals surface area contributed by atoms with E-state index in [-0.39, 0.29) is 5.75 Å². The van der Waals surface area contributed by atoms with Gasteiger partial charge < -0.3 is 15.0 Å². The molecular weight excluding hydrogens is 408 g/mol. The molecule has 1 aliphatic rings. The second-order valence-corrected chi connectivity index (χ2v) is 7.54. The molecule has 9 heteroatoms. The van der Waals surface area contributed by atoms with E-state index in [1.807, 2.05) is 35.4 Å². The van der Waals surface area contributed by atoms with Crippen molar-refractivity contribution in [3.05, 3.63) is 76.4 Å². The lowest BCUT2D eigenvalue weighted by Gasteiger charge is -2.33. The van der Waals surface area contributed by atoms with Gasteiger partial charge in [0.15, 0.2) is 5.65 Å². The van der Waals surface area contributed by atoms with E-state index in [2.05, 4.69) is 19.9 Å². The standard InChI is InChI=1S/C20H15ClN6OS/c21-13-3-1-2-4-15(13)27-8-11-7-12(28)5-6-14(11)26-20(27)18(29)16-17-19(24-9-22-16)25-10-23-17/h1-10,18,20,28-29H,(H,22,23,24,25). The van der Waals surface area contributed by atoms with Crippen molar-refractivity contribution in [3.63, 3.8) is 0 Å². The lowest BCUT2D eigenvalue weighted by atomic mass is 10.1. The van der Waals surface area contributed by atoms with Crippen molar-refractivity contribution in [3.8, 4) is 5.75 Å². The Hall–Kier alpha value is -3.10. The lowest BCUT2D eigenvalue weighted by Crippen LogP contribution is -2.44. The van der Waals surface area contributed by atoms with Crippen LogP contribution in [-0.4, -0.2) is 31.2 Å². The van der Waals surface area contributed by atoms with E-state index >= 15 is 0 Å². The topological polar surface area (TPSA) is 90.3 Å². The Kier molecular flexibility index (Phi) is 4.37. The van der Waals surface area contributed by atoms with E-state index in [0.29, 0.717) is 21.9 Å². The number of benzene rings is 2. The highest BCUT2D eigenvalue weighted by Gasteiger charge is 2.31. The molecule has 3 heterocycles. The number of nitrogens with zero attached hydrogens (tertiary/aromatic N) is 5. The van der Waals surface area contributed by atoms with Gasteiger partial charge in [-0.15, -0.1) is 0 Å². The summed E-state index contributed by atoms with van der Waals surface area (Å²) in [4.78, 5) is 22.8. The summed E-state index contributed by atoms with van der Waals surface area (Å²) in [5, 5.41) is 11.6. The zero-order valence-electron chi connectivity index (χ0n) is 14.9. The number of aromatic amines is 1. The van der Waals surface area contributed by atoms with Gasteiger partial charge in [-0.2, -0.15) is 12.6 Å². The van der Waals surface area contributed by atoms with Gasteiger partial charge in [0.05, 0.1) is 33.3 Å². The third-order valence-corrected chi connectivity index (χ3v) is 5.62. The minimum Gasteiger partial charge on any atom is -0.508 e. The van der Waals surface area contributed by atoms with Crippen LogP contribution in [0.5, 0.6) is 5.75 Å². The van der Waals surface area contributed by atoms with Gasteiger partial charge in [-0.05, 0) is 30.3 Å². The zero-order chi connectivity index (χ0) is 20.0. The number of fused-ring (bicyclic) bond motifs is 2. The van der Waals surface area contributed by atoms with E-state index < -0.39 is 11.4 Å². The summed E-state index contributed by atoms with van der Waals surface area (Å²) in [6.07, 6.45) is 4.54. The normalized spacial score (nSPS) is 16.8. The van der Waals surface area contributed by atoms with Crippen LogP contribution < -0.4 is 15.5 Å². The molecular formula is C20H15ClN6OS. The molecule has 7 nitrogen and oxygen atoms in total. The molecule has 29 heavy (non-hydrogen) atoms. The average molecular weight is 423 g/mol. The van der Waals surface area contributed by atoms with Gasteiger partial charge in [0.2, 0.25) is 0 Å². The van der Waals surface area contributed by atoms with Crippen LogP contribution in [0.25, 0.3) is 17.4 Å². The Morgan fingerprint density at radius 1 is 1.14 bits per heavy atom. The van der Waals surface area contributed by atoms with Crippen molar-refractivity contribution in [2.24, 2.45) is 4.99 Å². The molecule has 5 rings (SSSR count). The van der Waals surface area contributed by atoms with E-state index in [1.54, 1.807) is 24.5 Å². The number of phenols is 1. The first-order valence-electron chi connectivity index (χ1n) is 8.85. The quantitative estimate of drug-likeness (QED) is 0.441. The number of aromatic hydroxyl groups is 1. The van der Waals surface area contributed by atoms with Crippen molar-refractivity contribution >= 4 is 47.3 Å². The SMILES string of the molecule is Oc1ccc2c(c1)=CN(c1ccccc1Cl)C(C(S)c1ncnc3[nH]cnc13)N=2. The molecule has 144 valence electrons. The number of hydrogen-bond donors (Lipinski definition) is 3. The summed E-state index contributed by atoms with van der Waals surface area (Å²) >= 11 is 11.4. The Balaban J connectivity index is 1.71. The van der Waals surface area contributed by atoms with Crippen molar-refractivity contribution < 1.29 is 5.11 Å². The van der Waals surface area contributed by atoms with Gasteiger partial charge in [-0.3, -0.25) is 4.99 Å². The van der Waals surface area contributed by atoms with Gasteiger partial charge in [0.1, 0.15) is 23.8 Å². The Labute approximate surface area is 175 Å². The highest BCUT2D eigenvalue weighted by Crippen LogP contribution is 2.36. The Morgan fingerprint density at radius 2 is 2.00 bits per heavy atom. The molecule has 1 aliphatic heterocycles. The Bertz CT molecular complexity index is 1340. The predicted octanol–water partition coefficient (Wildman–Crippen LogP) is 2.59. The molecule has 2 N–H and O–H groups in total. The number of aromatic nitrogens is 4. The lowest BCUT2D eigenvalue weighted by molar-refractivity contribution is 0.474. The largest absolute Gasteiger partial charge is 0.508 e. The molecule has 2 aromatic carbocycles. The number of rotatable bonds is 3. The van der Waals surface area contributed by atoms with Gasteiger partial charge in [0, 0.05) is 11.4 Å². The summed E-state index contributed by atoms with van der Waals surface area (Å²) in [7, 11) is 0. The number of para-hydroxylation sites is 1. The monoisotopic (exact) mass is 422 g/mol. The fraction of sp³-hybridized carbons (Fsp3) is 0.100. The average Bonchev–Trinajstić information content (AvgIpc) is 3.21. The number of thiol groups is 1. The molecule has 0 spiro atoms. The van der Waals surface area contributed by atoms with Crippen molar-refractivity contribution in [2.75, 3.05) is 4.90 Å². The number of anilines is 1.